The second-order valence-corrected chi connectivity index (χ2v) is 5.25. The van der Waals surface area contributed by atoms with Gasteiger partial charge in [0.05, 0.1) is 33.0 Å². The summed E-state index contributed by atoms with van der Waals surface area (Å²) in [5, 5.41) is 0.650. The first-order valence-corrected chi connectivity index (χ1v) is 7.67. The van der Waals surface area contributed by atoms with Gasteiger partial charge in [-0.2, -0.15) is 0 Å². The molecular weight excluding hydrogens is 320 g/mol. The molecule has 0 aliphatic heterocycles. The van der Waals surface area contributed by atoms with Crippen molar-refractivity contribution >= 4 is 22.8 Å². The third-order valence-corrected chi connectivity index (χ3v) is 3.86. The molecule has 0 aliphatic carbocycles. The average molecular weight is 338 g/mol. The molecule has 0 fully saturated rings. The number of furan rings is 1. The zero-order valence-corrected chi connectivity index (χ0v) is 14.2. The van der Waals surface area contributed by atoms with Gasteiger partial charge in [-0.15, -0.1) is 0 Å². The maximum atomic E-state index is 12.9. The lowest BCUT2D eigenvalue weighted by Crippen LogP contribution is -2.05. The molecule has 0 saturated carbocycles. The number of hydrogen-bond donors (Lipinski definition) is 0. The van der Waals surface area contributed by atoms with Crippen molar-refractivity contribution in [2.24, 2.45) is 0 Å². The van der Waals surface area contributed by atoms with Crippen LogP contribution in [0.25, 0.3) is 17.0 Å². The van der Waals surface area contributed by atoms with E-state index in [1.54, 1.807) is 12.1 Å². The summed E-state index contributed by atoms with van der Waals surface area (Å²) in [6.45, 7) is 0. The summed E-state index contributed by atoms with van der Waals surface area (Å²) in [6, 6.07) is 11.3. The molecule has 0 saturated heterocycles. The highest BCUT2D eigenvalue weighted by Gasteiger charge is 2.27. The normalized spacial score (nSPS) is 11.0. The zero-order valence-electron chi connectivity index (χ0n) is 14.2. The highest BCUT2D eigenvalue weighted by molar-refractivity contribution is 6.15. The largest absolute Gasteiger partial charge is 0.495 e. The Hall–Kier alpha value is -3.21. The Morgan fingerprint density at radius 1 is 0.920 bits per heavy atom. The van der Waals surface area contributed by atoms with Crippen LogP contribution in [0.4, 0.5) is 0 Å². The summed E-state index contributed by atoms with van der Waals surface area (Å²) in [5.74, 6) is 0.785. The van der Waals surface area contributed by atoms with Crippen LogP contribution in [0.1, 0.15) is 15.9 Å². The first-order valence-electron chi connectivity index (χ1n) is 7.67. The quantitative estimate of drug-likeness (QED) is 0.494. The Morgan fingerprint density at radius 2 is 1.60 bits per heavy atom. The molecule has 0 bridgehead atoms. The molecule has 5 heteroatoms. The molecule has 0 atom stereocenters. The van der Waals surface area contributed by atoms with E-state index < -0.39 is 0 Å². The van der Waals surface area contributed by atoms with Gasteiger partial charge in [0.15, 0.2) is 17.1 Å². The number of carbonyl (C=O) groups is 1. The molecule has 5 nitrogen and oxygen atoms in total. The van der Waals surface area contributed by atoms with Crippen LogP contribution in [0.5, 0.6) is 17.2 Å². The van der Waals surface area contributed by atoms with Crippen molar-refractivity contribution < 1.29 is 23.4 Å². The minimum atomic E-state index is -0.251. The maximum Gasteiger partial charge on any atom is 0.205 e. The summed E-state index contributed by atoms with van der Waals surface area (Å²) in [7, 11) is 4.48. The molecule has 0 radical (unpaired) electrons. The standard InChI is InChI=1S/C20H18O5/c1-22-17-14-11-12-25-18(14)20(24-3)19(23-2)16(17)15(21)10-9-13-7-5-4-6-8-13/h4-12H,1-3H3/b10-9+. The van der Waals surface area contributed by atoms with Crippen molar-refractivity contribution in [3.8, 4) is 17.2 Å². The smallest absolute Gasteiger partial charge is 0.205 e. The lowest BCUT2D eigenvalue weighted by molar-refractivity contribution is 0.104. The van der Waals surface area contributed by atoms with Crippen LogP contribution < -0.4 is 14.2 Å². The van der Waals surface area contributed by atoms with Crippen LogP contribution in [-0.4, -0.2) is 27.1 Å². The number of benzene rings is 2. The van der Waals surface area contributed by atoms with Crippen molar-refractivity contribution in [2.75, 3.05) is 21.3 Å². The number of fused-ring (bicyclic) bond motifs is 1. The fraction of sp³-hybridized carbons (Fsp3) is 0.150. The topological polar surface area (TPSA) is 57.9 Å². The summed E-state index contributed by atoms with van der Waals surface area (Å²) in [5.41, 5.74) is 1.69. The number of hydrogen-bond acceptors (Lipinski definition) is 5. The SMILES string of the molecule is COc1c(C(=O)/C=C/c2ccccc2)c(OC)c2ccoc2c1OC. The number of allylic oxidation sites excluding steroid dienone is 1. The van der Waals surface area contributed by atoms with E-state index in [1.165, 1.54) is 33.7 Å². The zero-order chi connectivity index (χ0) is 17.8. The van der Waals surface area contributed by atoms with Gasteiger partial charge < -0.3 is 18.6 Å². The number of rotatable bonds is 6. The molecule has 0 N–H and O–H groups in total. The molecule has 25 heavy (non-hydrogen) atoms. The molecule has 2 aromatic carbocycles. The van der Waals surface area contributed by atoms with Crippen LogP contribution in [0, 0.1) is 0 Å². The second-order valence-electron chi connectivity index (χ2n) is 5.25. The maximum absolute atomic E-state index is 12.9. The molecular formula is C20H18O5. The Bertz CT molecular complexity index is 922. The molecule has 1 heterocycles. The fourth-order valence-corrected chi connectivity index (χ4v) is 2.75. The highest BCUT2D eigenvalue weighted by atomic mass is 16.5. The van der Waals surface area contributed by atoms with Crippen molar-refractivity contribution in [1.82, 2.24) is 0 Å². The molecule has 1 aromatic heterocycles. The Labute approximate surface area is 145 Å². The molecule has 3 rings (SSSR count). The van der Waals surface area contributed by atoms with E-state index in [0.717, 1.165) is 5.56 Å². The summed E-state index contributed by atoms with van der Waals surface area (Å²) < 4.78 is 21.8. The Kier molecular flexibility index (Phi) is 4.75. The van der Waals surface area contributed by atoms with E-state index in [4.69, 9.17) is 18.6 Å². The molecule has 0 amide bonds. The van der Waals surface area contributed by atoms with Crippen LogP contribution >= 0.6 is 0 Å². The van der Waals surface area contributed by atoms with Gasteiger partial charge in [-0.1, -0.05) is 36.4 Å². The van der Waals surface area contributed by atoms with Crippen LogP contribution in [-0.2, 0) is 0 Å². The van der Waals surface area contributed by atoms with Crippen molar-refractivity contribution in [2.45, 2.75) is 0 Å². The van der Waals surface area contributed by atoms with Crippen LogP contribution in [0.2, 0.25) is 0 Å². The van der Waals surface area contributed by atoms with Gasteiger partial charge in [-0.05, 0) is 17.7 Å². The monoisotopic (exact) mass is 338 g/mol. The summed E-state index contributed by atoms with van der Waals surface area (Å²) in [6.07, 6.45) is 4.75. The minimum Gasteiger partial charge on any atom is -0.495 e. The number of ether oxygens (including phenoxy) is 3. The second kappa shape index (κ2) is 7.13. The highest BCUT2D eigenvalue weighted by Crippen LogP contribution is 2.46. The molecule has 128 valence electrons. The molecule has 3 aromatic rings. The number of carbonyl (C=O) groups excluding carboxylic acids is 1. The summed E-state index contributed by atoms with van der Waals surface area (Å²) in [4.78, 5) is 12.9. The van der Waals surface area contributed by atoms with E-state index >= 15 is 0 Å². The third-order valence-electron chi connectivity index (χ3n) is 3.86. The van der Waals surface area contributed by atoms with Gasteiger partial charge in [-0.25, -0.2) is 0 Å². The van der Waals surface area contributed by atoms with Crippen LogP contribution in [0.15, 0.2) is 53.2 Å². The number of ketones is 1. The van der Waals surface area contributed by atoms with Gasteiger partial charge >= 0.3 is 0 Å². The lowest BCUT2D eigenvalue weighted by atomic mass is 10.0. The Balaban J connectivity index is 2.16. The van der Waals surface area contributed by atoms with E-state index in [-0.39, 0.29) is 11.5 Å². The van der Waals surface area contributed by atoms with Crippen molar-refractivity contribution in [1.29, 1.82) is 0 Å². The van der Waals surface area contributed by atoms with E-state index in [1.807, 2.05) is 30.3 Å². The molecule has 0 unspecified atom stereocenters. The minimum absolute atomic E-state index is 0.251. The number of methoxy groups -OCH3 is 3. The third kappa shape index (κ3) is 2.96. The van der Waals surface area contributed by atoms with E-state index in [2.05, 4.69) is 0 Å². The van der Waals surface area contributed by atoms with E-state index in [0.29, 0.717) is 28.0 Å². The van der Waals surface area contributed by atoms with Gasteiger partial charge in [0, 0.05) is 0 Å². The summed E-state index contributed by atoms with van der Waals surface area (Å²) >= 11 is 0. The molecule has 0 aliphatic rings. The van der Waals surface area contributed by atoms with Crippen LogP contribution in [0.3, 0.4) is 0 Å². The first-order chi connectivity index (χ1) is 12.2. The van der Waals surface area contributed by atoms with Gasteiger partial charge in [0.1, 0.15) is 11.3 Å². The van der Waals surface area contributed by atoms with Gasteiger partial charge in [0.25, 0.3) is 0 Å². The van der Waals surface area contributed by atoms with Gasteiger partial charge in [-0.3, -0.25) is 4.79 Å². The molecule has 0 spiro atoms. The average Bonchev–Trinajstić information content (AvgIpc) is 3.14. The van der Waals surface area contributed by atoms with Crippen molar-refractivity contribution in [3.05, 3.63) is 59.9 Å². The van der Waals surface area contributed by atoms with Gasteiger partial charge in [0.2, 0.25) is 5.75 Å². The first kappa shape index (κ1) is 16.6. The van der Waals surface area contributed by atoms with E-state index in [9.17, 15) is 4.79 Å². The van der Waals surface area contributed by atoms with Crippen molar-refractivity contribution in [3.63, 3.8) is 0 Å². The predicted octanol–water partition coefficient (Wildman–Crippen LogP) is 4.35. The predicted molar refractivity (Wildman–Crippen MR) is 95.7 cm³/mol. The fourth-order valence-electron chi connectivity index (χ4n) is 2.75. The lowest BCUT2D eigenvalue weighted by Gasteiger charge is -2.15. The Morgan fingerprint density at radius 3 is 2.24 bits per heavy atom.